The monoisotopic (exact) mass is 449 g/mol. The number of fused-ring (bicyclic) bond motifs is 1. The van der Waals surface area contributed by atoms with Crippen LogP contribution in [0, 0.1) is 17.0 Å². The first-order chi connectivity index (χ1) is 16.4. The lowest BCUT2D eigenvalue weighted by Crippen LogP contribution is -2.32. The number of imide groups is 1. The lowest BCUT2D eigenvalue weighted by Gasteiger charge is -2.16. The molecule has 0 unspecified atom stereocenters. The molecule has 0 saturated heterocycles. The van der Waals surface area contributed by atoms with Crippen molar-refractivity contribution < 1.29 is 14.5 Å². The fourth-order valence-corrected chi connectivity index (χ4v) is 4.06. The number of nitrogens with one attached hydrogen (secondary N) is 1. The van der Waals surface area contributed by atoms with Gasteiger partial charge in [0.25, 0.3) is 17.5 Å². The first-order valence-electron chi connectivity index (χ1n) is 10.6. The minimum absolute atomic E-state index is 0.0972. The molecule has 0 saturated carbocycles. The van der Waals surface area contributed by atoms with Crippen LogP contribution < -0.4 is 10.2 Å². The molecular weight excluding hydrogens is 430 g/mol. The van der Waals surface area contributed by atoms with Gasteiger partial charge in [-0.05, 0) is 48.2 Å². The van der Waals surface area contributed by atoms with Crippen LogP contribution in [0.1, 0.15) is 11.1 Å². The van der Waals surface area contributed by atoms with Crippen LogP contribution in [0.3, 0.4) is 0 Å². The normalized spacial score (nSPS) is 13.6. The van der Waals surface area contributed by atoms with Gasteiger partial charge in [0, 0.05) is 23.2 Å². The topological polar surface area (TPSA) is 92.6 Å². The van der Waals surface area contributed by atoms with Crippen molar-refractivity contribution in [2.45, 2.75) is 6.92 Å². The molecular formula is C27H19N3O4. The summed E-state index contributed by atoms with van der Waals surface area (Å²) in [5, 5.41) is 16.2. The number of amides is 2. The van der Waals surface area contributed by atoms with Crippen LogP contribution >= 0.6 is 0 Å². The van der Waals surface area contributed by atoms with E-state index in [1.54, 1.807) is 12.1 Å². The molecule has 1 aliphatic rings. The molecule has 0 radical (unpaired) electrons. The Morgan fingerprint density at radius 1 is 0.794 bits per heavy atom. The second-order valence-corrected chi connectivity index (χ2v) is 7.99. The van der Waals surface area contributed by atoms with Crippen LogP contribution in [0.4, 0.5) is 17.1 Å². The zero-order valence-corrected chi connectivity index (χ0v) is 18.2. The van der Waals surface area contributed by atoms with E-state index in [1.807, 2.05) is 61.5 Å². The molecule has 4 aromatic rings. The van der Waals surface area contributed by atoms with Crippen molar-refractivity contribution in [2.24, 2.45) is 0 Å². The summed E-state index contributed by atoms with van der Waals surface area (Å²) in [5.74, 6) is -0.986. The summed E-state index contributed by atoms with van der Waals surface area (Å²) in [4.78, 5) is 38.9. The Balaban J connectivity index is 1.65. The Morgan fingerprint density at radius 2 is 1.47 bits per heavy atom. The van der Waals surface area contributed by atoms with E-state index in [9.17, 15) is 19.7 Å². The van der Waals surface area contributed by atoms with Gasteiger partial charge in [0.2, 0.25) is 0 Å². The van der Waals surface area contributed by atoms with Gasteiger partial charge in [0.05, 0.1) is 16.2 Å². The predicted octanol–water partition coefficient (Wildman–Crippen LogP) is 5.45. The smallest absolute Gasteiger partial charge is 0.282 e. The number of nitro groups is 1. The largest absolute Gasteiger partial charge is 0.350 e. The van der Waals surface area contributed by atoms with Crippen LogP contribution in [0.15, 0.2) is 96.7 Å². The first-order valence-corrected chi connectivity index (χ1v) is 10.6. The quantitative estimate of drug-likeness (QED) is 0.248. The summed E-state index contributed by atoms with van der Waals surface area (Å²) in [6.07, 6.45) is 0. The molecule has 4 aromatic carbocycles. The van der Waals surface area contributed by atoms with Gasteiger partial charge < -0.3 is 5.32 Å². The highest BCUT2D eigenvalue weighted by atomic mass is 16.6. The molecule has 0 aliphatic carbocycles. The van der Waals surface area contributed by atoms with E-state index in [4.69, 9.17) is 0 Å². The number of carbonyl (C=O) groups is 2. The first kappa shape index (κ1) is 21.1. The summed E-state index contributed by atoms with van der Waals surface area (Å²) < 4.78 is 0. The summed E-state index contributed by atoms with van der Waals surface area (Å²) in [5.41, 5.74) is 2.74. The van der Waals surface area contributed by atoms with Gasteiger partial charge in [-0.3, -0.25) is 19.7 Å². The van der Waals surface area contributed by atoms with E-state index >= 15 is 0 Å². The zero-order chi connectivity index (χ0) is 23.8. The molecule has 0 bridgehead atoms. The molecule has 2 amide bonds. The molecule has 0 aromatic heterocycles. The number of anilines is 2. The number of rotatable bonds is 5. The van der Waals surface area contributed by atoms with Gasteiger partial charge in [-0.1, -0.05) is 54.1 Å². The third kappa shape index (κ3) is 3.59. The van der Waals surface area contributed by atoms with E-state index in [0.717, 1.165) is 21.2 Å². The SMILES string of the molecule is Cc1ccc(N2C(=O)C(Nc3cccc4ccccc34)=C(c3ccc([N+](=O)[O-])cc3)C2=O)cc1. The van der Waals surface area contributed by atoms with E-state index in [1.165, 1.54) is 24.3 Å². The van der Waals surface area contributed by atoms with Gasteiger partial charge in [-0.2, -0.15) is 0 Å². The van der Waals surface area contributed by atoms with Gasteiger partial charge in [-0.25, -0.2) is 4.90 Å². The number of benzene rings is 4. The maximum Gasteiger partial charge on any atom is 0.282 e. The average Bonchev–Trinajstić information content (AvgIpc) is 3.09. The lowest BCUT2D eigenvalue weighted by molar-refractivity contribution is -0.384. The Bertz CT molecular complexity index is 1480. The van der Waals surface area contributed by atoms with Crippen molar-refractivity contribution in [3.8, 4) is 0 Å². The number of nitrogens with zero attached hydrogens (tertiary/aromatic N) is 2. The summed E-state index contributed by atoms with van der Waals surface area (Å²) in [6.45, 7) is 1.92. The minimum Gasteiger partial charge on any atom is -0.350 e. The van der Waals surface area contributed by atoms with Crippen molar-refractivity contribution in [1.82, 2.24) is 0 Å². The molecule has 1 N–H and O–H groups in total. The second kappa shape index (κ2) is 8.29. The number of hydrogen-bond donors (Lipinski definition) is 1. The molecule has 5 rings (SSSR count). The second-order valence-electron chi connectivity index (χ2n) is 7.99. The van der Waals surface area contributed by atoms with Crippen molar-refractivity contribution >= 4 is 45.2 Å². The van der Waals surface area contributed by atoms with Crippen LogP contribution in [0.5, 0.6) is 0 Å². The lowest BCUT2D eigenvalue weighted by atomic mass is 10.0. The number of nitro benzene ring substituents is 1. The fourth-order valence-electron chi connectivity index (χ4n) is 4.06. The predicted molar refractivity (Wildman–Crippen MR) is 131 cm³/mol. The van der Waals surface area contributed by atoms with Crippen LogP contribution in [0.2, 0.25) is 0 Å². The van der Waals surface area contributed by atoms with E-state index in [0.29, 0.717) is 16.9 Å². The molecule has 0 fully saturated rings. The van der Waals surface area contributed by atoms with E-state index in [-0.39, 0.29) is 17.0 Å². The standard InChI is InChI=1S/C27H19N3O4/c1-17-9-13-20(14-10-17)29-26(31)24(19-11-15-21(16-12-19)30(33)34)25(27(29)32)28-23-8-4-6-18-5-2-3-7-22(18)23/h2-16,28H,1H3. The van der Waals surface area contributed by atoms with E-state index in [2.05, 4.69) is 5.32 Å². The van der Waals surface area contributed by atoms with Crippen LogP contribution in [-0.4, -0.2) is 16.7 Å². The van der Waals surface area contributed by atoms with Gasteiger partial charge >= 0.3 is 0 Å². The average molecular weight is 449 g/mol. The Kier molecular flexibility index (Phi) is 5.14. The summed E-state index contributed by atoms with van der Waals surface area (Å²) in [6, 6.07) is 26.1. The Morgan fingerprint density at radius 3 is 2.18 bits per heavy atom. The van der Waals surface area contributed by atoms with Crippen molar-refractivity contribution in [1.29, 1.82) is 0 Å². The highest BCUT2D eigenvalue weighted by molar-refractivity contribution is 6.46. The number of aryl methyl sites for hydroxylation is 1. The molecule has 34 heavy (non-hydrogen) atoms. The molecule has 166 valence electrons. The van der Waals surface area contributed by atoms with Crippen molar-refractivity contribution in [2.75, 3.05) is 10.2 Å². The third-order valence-corrected chi connectivity index (χ3v) is 5.79. The van der Waals surface area contributed by atoms with Gasteiger partial charge in [0.15, 0.2) is 0 Å². The Labute approximate surface area is 195 Å². The maximum absolute atomic E-state index is 13.6. The maximum atomic E-state index is 13.6. The van der Waals surface area contributed by atoms with Gasteiger partial charge in [-0.15, -0.1) is 0 Å². The minimum atomic E-state index is -0.506. The van der Waals surface area contributed by atoms with Gasteiger partial charge in [0.1, 0.15) is 5.70 Å². The van der Waals surface area contributed by atoms with Crippen LogP contribution in [0.25, 0.3) is 16.3 Å². The fraction of sp³-hybridized carbons (Fsp3) is 0.0370. The zero-order valence-electron chi connectivity index (χ0n) is 18.2. The van der Waals surface area contributed by atoms with Crippen molar-refractivity contribution in [3.05, 3.63) is 118 Å². The molecule has 7 nitrogen and oxygen atoms in total. The molecule has 0 spiro atoms. The summed E-state index contributed by atoms with van der Waals surface area (Å²) in [7, 11) is 0. The molecule has 1 aliphatic heterocycles. The highest BCUT2D eigenvalue weighted by Crippen LogP contribution is 2.35. The Hall–Kier alpha value is -4.78. The number of carbonyl (C=O) groups excluding carboxylic acids is 2. The molecule has 7 heteroatoms. The van der Waals surface area contributed by atoms with Crippen LogP contribution in [-0.2, 0) is 9.59 Å². The van der Waals surface area contributed by atoms with Crippen molar-refractivity contribution in [3.63, 3.8) is 0 Å². The van der Waals surface area contributed by atoms with E-state index < -0.39 is 16.7 Å². The highest BCUT2D eigenvalue weighted by Gasteiger charge is 2.40. The molecule has 0 atom stereocenters. The third-order valence-electron chi connectivity index (χ3n) is 5.79. The summed E-state index contributed by atoms with van der Waals surface area (Å²) >= 11 is 0. The number of hydrogen-bond acceptors (Lipinski definition) is 5. The number of non-ortho nitro benzene ring substituents is 1. The molecule has 1 heterocycles.